The van der Waals surface area contributed by atoms with Gasteiger partial charge in [-0.25, -0.2) is 0 Å². The fourth-order valence-corrected chi connectivity index (χ4v) is 0.760. The molecule has 2 heteroatoms. The van der Waals surface area contributed by atoms with Gasteiger partial charge in [0.15, 0.2) is 0 Å². The average Bonchev–Trinajstić information content (AvgIpc) is 1.77. The number of aliphatic hydroxyl groups excluding tert-OH is 1. The zero-order valence-corrected chi connectivity index (χ0v) is 5.04. The van der Waals surface area contributed by atoms with Crippen LogP contribution in [0, 0.1) is 5.92 Å². The molecule has 0 saturated heterocycles. The van der Waals surface area contributed by atoms with Crippen LogP contribution in [-0.4, -0.2) is 24.0 Å². The Morgan fingerprint density at radius 3 is 2.88 bits per heavy atom. The number of aliphatic imine (C=N–C) groups is 1. The maximum absolute atomic E-state index is 9.06. The first-order valence-corrected chi connectivity index (χ1v) is 2.97. The lowest BCUT2D eigenvalue weighted by Crippen LogP contribution is -2.24. The van der Waals surface area contributed by atoms with Crippen molar-refractivity contribution in [3.63, 3.8) is 0 Å². The van der Waals surface area contributed by atoms with Crippen LogP contribution in [0.25, 0.3) is 0 Å². The van der Waals surface area contributed by atoms with Crippen molar-refractivity contribution in [1.29, 1.82) is 0 Å². The van der Waals surface area contributed by atoms with Crippen LogP contribution >= 0.6 is 0 Å². The summed E-state index contributed by atoms with van der Waals surface area (Å²) in [7, 11) is 0. The molecule has 0 fully saturated rings. The Kier molecular flexibility index (Phi) is 1.63. The van der Waals surface area contributed by atoms with E-state index in [0.29, 0.717) is 12.5 Å². The third-order valence-electron chi connectivity index (χ3n) is 1.56. The molecule has 0 radical (unpaired) electrons. The SMILES string of the molecule is C[C@@H]1CC=NC[C@H]1O. The van der Waals surface area contributed by atoms with Gasteiger partial charge in [0.25, 0.3) is 0 Å². The summed E-state index contributed by atoms with van der Waals surface area (Å²) in [6, 6.07) is 0. The standard InChI is InChI=1S/C6H11NO/c1-5-2-3-7-4-6(5)8/h3,5-6,8H,2,4H2,1H3/t5-,6-/m1/s1. The summed E-state index contributed by atoms with van der Waals surface area (Å²) in [5.41, 5.74) is 0. The minimum atomic E-state index is -0.194. The van der Waals surface area contributed by atoms with Crippen LogP contribution in [0.3, 0.4) is 0 Å². The van der Waals surface area contributed by atoms with Crippen LogP contribution in [0.4, 0.5) is 0 Å². The van der Waals surface area contributed by atoms with Gasteiger partial charge in [-0.05, 0) is 18.6 Å². The zero-order chi connectivity index (χ0) is 5.98. The van der Waals surface area contributed by atoms with Crippen molar-refractivity contribution >= 4 is 6.21 Å². The molecular weight excluding hydrogens is 102 g/mol. The van der Waals surface area contributed by atoms with Gasteiger partial charge in [-0.3, -0.25) is 4.99 Å². The minimum absolute atomic E-state index is 0.194. The monoisotopic (exact) mass is 113 g/mol. The fraction of sp³-hybridized carbons (Fsp3) is 0.833. The largest absolute Gasteiger partial charge is 0.391 e. The first kappa shape index (κ1) is 5.76. The molecule has 2 atom stereocenters. The van der Waals surface area contributed by atoms with Crippen LogP contribution in [-0.2, 0) is 0 Å². The summed E-state index contributed by atoms with van der Waals surface area (Å²) in [6.07, 6.45) is 2.62. The summed E-state index contributed by atoms with van der Waals surface area (Å²) in [6.45, 7) is 2.64. The predicted octanol–water partition coefficient (Wildman–Crippen LogP) is 0.458. The van der Waals surface area contributed by atoms with E-state index in [1.54, 1.807) is 0 Å². The normalized spacial score (nSPS) is 37.8. The Morgan fingerprint density at radius 2 is 2.50 bits per heavy atom. The zero-order valence-electron chi connectivity index (χ0n) is 5.04. The Hall–Kier alpha value is -0.370. The first-order valence-electron chi connectivity index (χ1n) is 2.97. The highest BCUT2D eigenvalue weighted by atomic mass is 16.3. The molecule has 2 nitrogen and oxygen atoms in total. The third-order valence-corrected chi connectivity index (χ3v) is 1.56. The summed E-state index contributed by atoms with van der Waals surface area (Å²) in [4.78, 5) is 3.93. The lowest BCUT2D eigenvalue weighted by molar-refractivity contribution is 0.124. The lowest BCUT2D eigenvalue weighted by atomic mass is 10.00. The number of nitrogens with zero attached hydrogens (tertiary/aromatic N) is 1. The molecule has 1 rings (SSSR count). The van der Waals surface area contributed by atoms with Gasteiger partial charge in [0, 0.05) is 0 Å². The topological polar surface area (TPSA) is 32.6 Å². The van der Waals surface area contributed by atoms with Crippen molar-refractivity contribution in [3.8, 4) is 0 Å². The van der Waals surface area contributed by atoms with E-state index in [9.17, 15) is 0 Å². The van der Waals surface area contributed by atoms with Crippen molar-refractivity contribution in [2.75, 3.05) is 6.54 Å². The van der Waals surface area contributed by atoms with E-state index in [-0.39, 0.29) is 6.10 Å². The summed E-state index contributed by atoms with van der Waals surface area (Å²) in [5, 5.41) is 9.06. The Balaban J connectivity index is 2.44. The van der Waals surface area contributed by atoms with Crippen molar-refractivity contribution < 1.29 is 5.11 Å². The molecule has 8 heavy (non-hydrogen) atoms. The molecule has 0 saturated carbocycles. The van der Waals surface area contributed by atoms with E-state index < -0.39 is 0 Å². The summed E-state index contributed by atoms with van der Waals surface area (Å²) < 4.78 is 0. The predicted molar refractivity (Wildman–Crippen MR) is 33.1 cm³/mol. The lowest BCUT2D eigenvalue weighted by Gasteiger charge is -2.18. The average molecular weight is 113 g/mol. The van der Waals surface area contributed by atoms with Gasteiger partial charge in [0.05, 0.1) is 12.6 Å². The summed E-state index contributed by atoms with van der Waals surface area (Å²) in [5.74, 6) is 0.410. The van der Waals surface area contributed by atoms with E-state index in [4.69, 9.17) is 5.11 Å². The van der Waals surface area contributed by atoms with E-state index >= 15 is 0 Å². The minimum Gasteiger partial charge on any atom is -0.391 e. The Bertz CT molecular complexity index is 88.7. The van der Waals surface area contributed by atoms with Gasteiger partial charge < -0.3 is 5.11 Å². The second-order valence-electron chi connectivity index (χ2n) is 2.33. The van der Waals surface area contributed by atoms with Crippen LogP contribution in [0.15, 0.2) is 4.99 Å². The molecule has 0 aromatic carbocycles. The first-order chi connectivity index (χ1) is 3.80. The molecule has 0 bridgehead atoms. The van der Waals surface area contributed by atoms with Gasteiger partial charge in [0.2, 0.25) is 0 Å². The number of rotatable bonds is 0. The van der Waals surface area contributed by atoms with Gasteiger partial charge in [0.1, 0.15) is 0 Å². The smallest absolute Gasteiger partial charge is 0.0764 e. The third kappa shape index (κ3) is 1.07. The van der Waals surface area contributed by atoms with Crippen LogP contribution in [0.2, 0.25) is 0 Å². The highest BCUT2D eigenvalue weighted by Gasteiger charge is 2.14. The molecule has 0 aromatic rings. The van der Waals surface area contributed by atoms with Crippen molar-refractivity contribution in [1.82, 2.24) is 0 Å². The summed E-state index contributed by atoms with van der Waals surface area (Å²) >= 11 is 0. The van der Waals surface area contributed by atoms with Gasteiger partial charge >= 0.3 is 0 Å². The molecule has 0 spiro atoms. The molecule has 0 amide bonds. The van der Waals surface area contributed by atoms with Crippen LogP contribution in [0.5, 0.6) is 0 Å². The van der Waals surface area contributed by atoms with Gasteiger partial charge in [-0.15, -0.1) is 0 Å². The molecule has 1 aliphatic rings. The second kappa shape index (κ2) is 2.27. The van der Waals surface area contributed by atoms with Gasteiger partial charge in [-0.1, -0.05) is 6.92 Å². The fourth-order valence-electron chi connectivity index (χ4n) is 0.760. The Labute approximate surface area is 49.2 Å². The number of hydrogen-bond donors (Lipinski definition) is 1. The van der Waals surface area contributed by atoms with Crippen LogP contribution < -0.4 is 0 Å². The molecular formula is C6H11NO. The molecule has 46 valence electrons. The second-order valence-corrected chi connectivity index (χ2v) is 2.33. The van der Waals surface area contributed by atoms with E-state index in [1.807, 2.05) is 13.1 Å². The Morgan fingerprint density at radius 1 is 1.75 bits per heavy atom. The number of aliphatic hydroxyl groups is 1. The van der Waals surface area contributed by atoms with E-state index in [0.717, 1.165) is 6.42 Å². The molecule has 1 aliphatic heterocycles. The highest BCUT2D eigenvalue weighted by molar-refractivity contribution is 5.58. The molecule has 1 heterocycles. The van der Waals surface area contributed by atoms with Crippen molar-refractivity contribution in [2.24, 2.45) is 10.9 Å². The quantitative estimate of drug-likeness (QED) is 0.486. The maximum atomic E-state index is 9.06. The van der Waals surface area contributed by atoms with Crippen molar-refractivity contribution in [3.05, 3.63) is 0 Å². The molecule has 1 N–H and O–H groups in total. The van der Waals surface area contributed by atoms with E-state index in [1.165, 1.54) is 0 Å². The van der Waals surface area contributed by atoms with E-state index in [2.05, 4.69) is 4.99 Å². The molecule has 0 aromatic heterocycles. The molecule has 0 unspecified atom stereocenters. The highest BCUT2D eigenvalue weighted by Crippen LogP contribution is 2.10. The van der Waals surface area contributed by atoms with Crippen LogP contribution in [0.1, 0.15) is 13.3 Å². The maximum Gasteiger partial charge on any atom is 0.0764 e. The molecule has 0 aliphatic carbocycles. The van der Waals surface area contributed by atoms with Gasteiger partial charge in [-0.2, -0.15) is 0 Å². The number of hydrogen-bond acceptors (Lipinski definition) is 2. The van der Waals surface area contributed by atoms with Crippen molar-refractivity contribution in [2.45, 2.75) is 19.4 Å².